The molecule has 2 unspecified atom stereocenters. The number of imide groups is 1. The lowest BCUT2D eigenvalue weighted by atomic mass is 9.81. The van der Waals surface area contributed by atoms with Gasteiger partial charge >= 0.3 is 5.97 Å². The molecule has 2 fully saturated rings. The Morgan fingerprint density at radius 2 is 1.59 bits per heavy atom. The number of para-hydroxylation sites is 2. The average molecular weight is 393 g/mol. The fourth-order valence-corrected chi connectivity index (χ4v) is 4.20. The van der Waals surface area contributed by atoms with E-state index in [4.69, 9.17) is 9.47 Å². The Balaban J connectivity index is 1.53. The van der Waals surface area contributed by atoms with Gasteiger partial charge < -0.3 is 9.47 Å². The number of hydrogen-bond donors (Lipinski definition) is 0. The number of ether oxygens (including phenoxy) is 2. The Morgan fingerprint density at radius 1 is 0.966 bits per heavy atom. The lowest BCUT2D eigenvalue weighted by Crippen LogP contribution is -2.31. The Morgan fingerprint density at radius 3 is 2.21 bits per heavy atom. The van der Waals surface area contributed by atoms with Crippen LogP contribution in [0.3, 0.4) is 0 Å². The second kappa shape index (κ2) is 8.07. The zero-order valence-corrected chi connectivity index (χ0v) is 16.3. The van der Waals surface area contributed by atoms with Crippen LogP contribution in [0, 0.1) is 11.8 Å². The number of amides is 2. The molecule has 0 radical (unpaired) electrons. The Kier molecular flexibility index (Phi) is 5.34. The van der Waals surface area contributed by atoms with Crippen molar-refractivity contribution in [1.29, 1.82) is 0 Å². The topological polar surface area (TPSA) is 72.9 Å². The quantitative estimate of drug-likeness (QED) is 0.441. The maximum absolute atomic E-state index is 12.9. The van der Waals surface area contributed by atoms with E-state index in [1.807, 2.05) is 0 Å². The van der Waals surface area contributed by atoms with E-state index in [0.717, 1.165) is 31.2 Å². The molecule has 29 heavy (non-hydrogen) atoms. The van der Waals surface area contributed by atoms with Gasteiger partial charge in [0.15, 0.2) is 5.75 Å². The molecule has 2 aromatic carbocycles. The number of carbonyl (C=O) groups is 3. The number of methoxy groups -OCH3 is 1. The minimum atomic E-state index is -0.459. The van der Waals surface area contributed by atoms with Gasteiger partial charge in [0.05, 0.1) is 31.1 Å². The van der Waals surface area contributed by atoms with Crippen molar-refractivity contribution >= 4 is 23.5 Å². The molecule has 1 aliphatic carbocycles. The predicted octanol–water partition coefficient (Wildman–Crippen LogP) is 3.52. The summed E-state index contributed by atoms with van der Waals surface area (Å²) >= 11 is 0. The molecule has 6 nitrogen and oxygen atoms in total. The van der Waals surface area contributed by atoms with Crippen LogP contribution in [0.5, 0.6) is 11.5 Å². The first-order valence-electron chi connectivity index (χ1n) is 9.89. The van der Waals surface area contributed by atoms with E-state index in [0.29, 0.717) is 11.4 Å². The lowest BCUT2D eigenvalue weighted by molar-refractivity contribution is -0.133. The maximum atomic E-state index is 12.9. The summed E-state index contributed by atoms with van der Waals surface area (Å²) in [7, 11) is 1.58. The number of benzene rings is 2. The van der Waals surface area contributed by atoms with Gasteiger partial charge in [0, 0.05) is 0 Å². The summed E-state index contributed by atoms with van der Waals surface area (Å²) in [6.07, 6.45) is 3.49. The van der Waals surface area contributed by atoms with Crippen molar-refractivity contribution in [3.05, 3.63) is 54.1 Å². The fraction of sp³-hybridized carbons (Fsp3) is 0.348. The van der Waals surface area contributed by atoms with Gasteiger partial charge in [0.1, 0.15) is 5.75 Å². The highest BCUT2D eigenvalue weighted by atomic mass is 16.5. The van der Waals surface area contributed by atoms with Gasteiger partial charge in [0.2, 0.25) is 11.8 Å². The molecular weight excluding hydrogens is 370 g/mol. The molecule has 1 saturated carbocycles. The van der Waals surface area contributed by atoms with E-state index in [9.17, 15) is 14.4 Å². The van der Waals surface area contributed by atoms with Crippen LogP contribution in [0.4, 0.5) is 5.69 Å². The monoisotopic (exact) mass is 393 g/mol. The van der Waals surface area contributed by atoms with Crippen LogP contribution >= 0.6 is 0 Å². The van der Waals surface area contributed by atoms with Crippen molar-refractivity contribution in [2.45, 2.75) is 32.1 Å². The Labute approximate surface area is 169 Å². The summed E-state index contributed by atoms with van der Waals surface area (Å²) in [4.78, 5) is 39.5. The number of hydrogen-bond acceptors (Lipinski definition) is 5. The maximum Gasteiger partial charge on any atom is 0.315 e. The molecular formula is C23H23NO5. The highest BCUT2D eigenvalue weighted by molar-refractivity contribution is 6.22. The van der Waals surface area contributed by atoms with E-state index >= 15 is 0 Å². The molecule has 150 valence electrons. The van der Waals surface area contributed by atoms with E-state index < -0.39 is 5.97 Å². The number of fused-ring (bicyclic) bond motifs is 1. The summed E-state index contributed by atoms with van der Waals surface area (Å²) < 4.78 is 10.7. The molecule has 0 bridgehead atoms. The van der Waals surface area contributed by atoms with Crippen molar-refractivity contribution < 1.29 is 23.9 Å². The molecule has 1 heterocycles. The molecule has 2 aliphatic rings. The summed E-state index contributed by atoms with van der Waals surface area (Å²) in [6, 6.07) is 13.9. The van der Waals surface area contributed by atoms with Crippen LogP contribution in [-0.2, 0) is 20.8 Å². The van der Waals surface area contributed by atoms with Crippen LogP contribution < -0.4 is 14.4 Å². The second-order valence-electron chi connectivity index (χ2n) is 7.48. The highest BCUT2D eigenvalue weighted by Gasteiger charge is 2.49. The lowest BCUT2D eigenvalue weighted by Gasteiger charge is -2.19. The summed E-state index contributed by atoms with van der Waals surface area (Å²) in [5, 5.41) is 0. The van der Waals surface area contributed by atoms with E-state index in [1.54, 1.807) is 55.6 Å². The standard InChI is InChI=1S/C23H23NO5/c1-28-16-12-10-15(11-13-16)14-21(25)29-20-9-5-4-8-19(20)24-22(26)17-6-2-3-7-18(17)23(24)27/h4-5,8-13,17-18H,2-3,6-7,14H2,1H3. The SMILES string of the molecule is COc1ccc(CC(=O)Oc2ccccc2N2C(=O)C3CCCCC3C2=O)cc1. The first kappa shape index (κ1) is 19.2. The minimum absolute atomic E-state index is 0.0749. The minimum Gasteiger partial charge on any atom is -0.497 e. The predicted molar refractivity (Wildman–Crippen MR) is 107 cm³/mol. The first-order valence-corrected chi connectivity index (χ1v) is 9.89. The fourth-order valence-electron chi connectivity index (χ4n) is 4.20. The normalized spacial score (nSPS) is 21.1. The van der Waals surface area contributed by atoms with Crippen molar-refractivity contribution in [2.75, 3.05) is 12.0 Å². The van der Waals surface area contributed by atoms with E-state index in [2.05, 4.69) is 0 Å². The number of nitrogens with zero attached hydrogens (tertiary/aromatic N) is 1. The Hall–Kier alpha value is -3.15. The molecule has 0 N–H and O–H groups in total. The van der Waals surface area contributed by atoms with Gasteiger partial charge in [0.25, 0.3) is 0 Å². The Bertz CT molecular complexity index is 913. The molecule has 2 atom stereocenters. The molecule has 1 aliphatic heterocycles. The number of rotatable bonds is 5. The van der Waals surface area contributed by atoms with Gasteiger partial charge in [-0.05, 0) is 42.7 Å². The van der Waals surface area contributed by atoms with Crippen LogP contribution in [0.15, 0.2) is 48.5 Å². The first-order chi connectivity index (χ1) is 14.1. The third-order valence-corrected chi connectivity index (χ3v) is 5.68. The van der Waals surface area contributed by atoms with Gasteiger partial charge in [-0.15, -0.1) is 0 Å². The van der Waals surface area contributed by atoms with Crippen LogP contribution in [-0.4, -0.2) is 24.9 Å². The van der Waals surface area contributed by atoms with E-state index in [1.165, 1.54) is 4.90 Å². The molecule has 0 aromatic heterocycles. The average Bonchev–Trinajstić information content (AvgIpc) is 3.00. The largest absolute Gasteiger partial charge is 0.497 e. The molecule has 2 aromatic rings. The number of esters is 1. The van der Waals surface area contributed by atoms with Crippen LogP contribution in [0.1, 0.15) is 31.2 Å². The molecule has 1 saturated heterocycles. The zero-order valence-electron chi connectivity index (χ0n) is 16.3. The summed E-state index contributed by atoms with van der Waals surface area (Å²) in [5.74, 6) is -0.388. The highest BCUT2D eigenvalue weighted by Crippen LogP contribution is 2.42. The van der Waals surface area contributed by atoms with Crippen molar-refractivity contribution in [3.63, 3.8) is 0 Å². The molecule has 6 heteroatoms. The van der Waals surface area contributed by atoms with Crippen LogP contribution in [0.25, 0.3) is 0 Å². The van der Waals surface area contributed by atoms with Gasteiger partial charge in [-0.3, -0.25) is 14.4 Å². The van der Waals surface area contributed by atoms with Gasteiger partial charge in [-0.2, -0.15) is 0 Å². The summed E-state index contributed by atoms with van der Waals surface area (Å²) in [5.41, 5.74) is 1.13. The third-order valence-electron chi connectivity index (χ3n) is 5.68. The zero-order chi connectivity index (χ0) is 20.4. The molecule has 0 spiro atoms. The summed E-state index contributed by atoms with van der Waals surface area (Å²) in [6.45, 7) is 0. The smallest absolute Gasteiger partial charge is 0.315 e. The van der Waals surface area contributed by atoms with Crippen molar-refractivity contribution in [2.24, 2.45) is 11.8 Å². The van der Waals surface area contributed by atoms with Gasteiger partial charge in [-0.25, -0.2) is 4.90 Å². The van der Waals surface area contributed by atoms with Crippen molar-refractivity contribution in [1.82, 2.24) is 0 Å². The van der Waals surface area contributed by atoms with Gasteiger partial charge in [-0.1, -0.05) is 37.1 Å². The number of anilines is 1. The van der Waals surface area contributed by atoms with Crippen molar-refractivity contribution in [3.8, 4) is 11.5 Å². The van der Waals surface area contributed by atoms with E-state index in [-0.39, 0.29) is 35.8 Å². The second-order valence-corrected chi connectivity index (χ2v) is 7.48. The molecule has 2 amide bonds. The third kappa shape index (κ3) is 3.75. The number of carbonyl (C=O) groups excluding carboxylic acids is 3. The molecule has 4 rings (SSSR count). The van der Waals surface area contributed by atoms with Crippen LogP contribution in [0.2, 0.25) is 0 Å².